The highest BCUT2D eigenvalue weighted by molar-refractivity contribution is 6.32. The van der Waals surface area contributed by atoms with E-state index >= 15 is 0 Å². The van der Waals surface area contributed by atoms with Gasteiger partial charge in [0.2, 0.25) is 5.28 Å². The number of nitrogens with one attached hydrogen (secondary N) is 2. The Kier molecular flexibility index (Phi) is 3.82. The highest BCUT2D eigenvalue weighted by Crippen LogP contribution is 2.14. The maximum absolute atomic E-state index is 11.9. The first-order valence-corrected chi connectivity index (χ1v) is 5.92. The molecular formula is C11H8Cl2N4O2. The normalized spacial score (nSPS) is 10.3. The molecule has 0 bridgehead atoms. The minimum absolute atomic E-state index is 0.0311. The SMILES string of the molecule is Cc1cc(=O)c(C(=O)Nc2cc(Cl)nc(Cl)n2)c[nH]1. The van der Waals surface area contributed by atoms with Crippen LogP contribution in [0.15, 0.2) is 23.1 Å². The number of aromatic nitrogens is 3. The summed E-state index contributed by atoms with van der Waals surface area (Å²) in [5, 5.41) is 2.42. The maximum Gasteiger partial charge on any atom is 0.262 e. The van der Waals surface area contributed by atoms with Crippen molar-refractivity contribution < 1.29 is 4.79 Å². The van der Waals surface area contributed by atoms with E-state index in [0.717, 1.165) is 0 Å². The van der Waals surface area contributed by atoms with Gasteiger partial charge in [0, 0.05) is 24.0 Å². The van der Waals surface area contributed by atoms with E-state index in [9.17, 15) is 9.59 Å². The highest BCUT2D eigenvalue weighted by Gasteiger charge is 2.12. The quantitative estimate of drug-likeness (QED) is 0.656. The lowest BCUT2D eigenvalue weighted by Crippen LogP contribution is -2.22. The van der Waals surface area contributed by atoms with Crippen LogP contribution in [0.3, 0.4) is 0 Å². The molecule has 0 saturated heterocycles. The number of rotatable bonds is 2. The second-order valence-corrected chi connectivity index (χ2v) is 4.42. The number of amides is 1. The Bertz CT molecular complexity index is 679. The molecule has 8 heteroatoms. The Morgan fingerprint density at radius 2 is 2.05 bits per heavy atom. The van der Waals surface area contributed by atoms with E-state index in [1.165, 1.54) is 18.3 Å². The summed E-state index contributed by atoms with van der Waals surface area (Å²) in [7, 11) is 0. The van der Waals surface area contributed by atoms with Gasteiger partial charge in [-0.05, 0) is 18.5 Å². The zero-order valence-electron chi connectivity index (χ0n) is 9.70. The summed E-state index contributed by atoms with van der Waals surface area (Å²) >= 11 is 11.3. The Hall–Kier alpha value is -1.92. The summed E-state index contributed by atoms with van der Waals surface area (Å²) in [5.74, 6) is -0.484. The van der Waals surface area contributed by atoms with Crippen molar-refractivity contribution >= 4 is 34.9 Å². The van der Waals surface area contributed by atoms with Gasteiger partial charge in [-0.3, -0.25) is 9.59 Å². The first-order chi connectivity index (χ1) is 8.95. The zero-order chi connectivity index (χ0) is 14.0. The van der Waals surface area contributed by atoms with Gasteiger partial charge in [0.25, 0.3) is 5.91 Å². The molecule has 0 aliphatic carbocycles. The third-order valence-electron chi connectivity index (χ3n) is 2.21. The molecule has 1 amide bonds. The van der Waals surface area contributed by atoms with Gasteiger partial charge in [-0.2, -0.15) is 0 Å². The lowest BCUT2D eigenvalue weighted by Gasteiger charge is -2.04. The zero-order valence-corrected chi connectivity index (χ0v) is 11.2. The molecule has 0 fully saturated rings. The molecule has 0 atom stereocenters. The number of pyridine rings is 1. The van der Waals surface area contributed by atoms with Crippen LogP contribution in [-0.4, -0.2) is 20.9 Å². The predicted octanol–water partition coefficient (Wildman–Crippen LogP) is 2.03. The largest absolute Gasteiger partial charge is 0.364 e. The summed E-state index contributed by atoms with van der Waals surface area (Å²) in [4.78, 5) is 33.7. The minimum atomic E-state index is -0.605. The van der Waals surface area contributed by atoms with E-state index in [-0.39, 0.29) is 27.2 Å². The van der Waals surface area contributed by atoms with Crippen LogP contribution in [-0.2, 0) is 0 Å². The smallest absolute Gasteiger partial charge is 0.262 e. The molecule has 2 aromatic heterocycles. The number of anilines is 1. The van der Waals surface area contributed by atoms with Crippen LogP contribution in [0.1, 0.15) is 16.1 Å². The van der Waals surface area contributed by atoms with E-state index in [0.29, 0.717) is 5.69 Å². The molecule has 0 saturated carbocycles. The molecule has 0 aliphatic heterocycles. The average molecular weight is 299 g/mol. The van der Waals surface area contributed by atoms with E-state index in [4.69, 9.17) is 23.2 Å². The summed E-state index contributed by atoms with van der Waals surface area (Å²) in [6.45, 7) is 1.72. The van der Waals surface area contributed by atoms with Crippen molar-refractivity contribution in [3.63, 3.8) is 0 Å². The maximum atomic E-state index is 11.9. The lowest BCUT2D eigenvalue weighted by atomic mass is 10.2. The van der Waals surface area contributed by atoms with Crippen LogP contribution in [0, 0.1) is 6.92 Å². The second-order valence-electron chi connectivity index (χ2n) is 3.69. The standard InChI is InChI=1S/C11H8Cl2N4O2/c1-5-2-7(18)6(4-14-5)10(19)16-9-3-8(12)15-11(13)17-9/h2-4H,1H3,(H,14,18)(H,15,16,17,19). The summed E-state index contributed by atoms with van der Waals surface area (Å²) < 4.78 is 0. The summed E-state index contributed by atoms with van der Waals surface area (Å²) in [5.41, 5.74) is 0.242. The molecule has 2 heterocycles. The van der Waals surface area contributed by atoms with E-state index < -0.39 is 5.91 Å². The Balaban J connectivity index is 2.28. The number of carbonyl (C=O) groups excluding carboxylic acids is 1. The monoisotopic (exact) mass is 298 g/mol. The van der Waals surface area contributed by atoms with Crippen molar-refractivity contribution in [1.82, 2.24) is 15.0 Å². The van der Waals surface area contributed by atoms with Gasteiger partial charge in [0.1, 0.15) is 16.5 Å². The summed E-state index contributed by atoms with van der Waals surface area (Å²) in [6, 6.07) is 2.66. The first kappa shape index (κ1) is 13.5. The Labute approximate surface area is 117 Å². The molecule has 2 rings (SSSR count). The van der Waals surface area contributed by atoms with Crippen LogP contribution in [0.4, 0.5) is 5.82 Å². The fourth-order valence-corrected chi connectivity index (χ4v) is 1.80. The van der Waals surface area contributed by atoms with Crippen LogP contribution < -0.4 is 10.7 Å². The molecule has 2 aromatic rings. The Morgan fingerprint density at radius 1 is 1.32 bits per heavy atom. The van der Waals surface area contributed by atoms with Crippen LogP contribution in [0.2, 0.25) is 10.4 Å². The second kappa shape index (κ2) is 5.38. The number of aromatic amines is 1. The highest BCUT2D eigenvalue weighted by atomic mass is 35.5. The van der Waals surface area contributed by atoms with E-state index in [1.807, 2.05) is 0 Å². The van der Waals surface area contributed by atoms with Crippen molar-refractivity contribution in [3.05, 3.63) is 50.2 Å². The molecule has 0 radical (unpaired) electrons. The Morgan fingerprint density at radius 3 is 2.68 bits per heavy atom. The van der Waals surface area contributed by atoms with Gasteiger partial charge >= 0.3 is 0 Å². The average Bonchev–Trinajstić information content (AvgIpc) is 2.26. The third-order valence-corrected chi connectivity index (χ3v) is 2.57. The van der Waals surface area contributed by atoms with Gasteiger partial charge in [-0.25, -0.2) is 9.97 Å². The molecule has 2 N–H and O–H groups in total. The van der Waals surface area contributed by atoms with Crippen molar-refractivity contribution in [1.29, 1.82) is 0 Å². The van der Waals surface area contributed by atoms with Crippen molar-refractivity contribution in [2.24, 2.45) is 0 Å². The number of halogens is 2. The minimum Gasteiger partial charge on any atom is -0.364 e. The van der Waals surface area contributed by atoms with Crippen LogP contribution in [0.5, 0.6) is 0 Å². The van der Waals surface area contributed by atoms with Gasteiger partial charge < -0.3 is 10.3 Å². The molecule has 0 unspecified atom stereocenters. The molecular weight excluding hydrogens is 291 g/mol. The number of hydrogen-bond donors (Lipinski definition) is 2. The van der Waals surface area contributed by atoms with E-state index in [2.05, 4.69) is 20.3 Å². The van der Waals surface area contributed by atoms with Crippen LogP contribution >= 0.6 is 23.2 Å². The fourth-order valence-electron chi connectivity index (χ4n) is 1.39. The molecule has 19 heavy (non-hydrogen) atoms. The number of carbonyl (C=O) groups is 1. The van der Waals surface area contributed by atoms with Crippen molar-refractivity contribution in [2.75, 3.05) is 5.32 Å². The molecule has 98 valence electrons. The molecule has 0 aromatic carbocycles. The topological polar surface area (TPSA) is 87.7 Å². The third kappa shape index (κ3) is 3.30. The van der Waals surface area contributed by atoms with Gasteiger partial charge in [-0.1, -0.05) is 11.6 Å². The van der Waals surface area contributed by atoms with Gasteiger partial charge in [0.05, 0.1) is 0 Å². The van der Waals surface area contributed by atoms with Crippen molar-refractivity contribution in [3.8, 4) is 0 Å². The lowest BCUT2D eigenvalue weighted by molar-refractivity contribution is 0.102. The van der Waals surface area contributed by atoms with Gasteiger partial charge in [0.15, 0.2) is 5.43 Å². The summed E-state index contributed by atoms with van der Waals surface area (Å²) in [6.07, 6.45) is 1.33. The molecule has 0 spiro atoms. The number of H-pyrrole nitrogens is 1. The number of hydrogen-bond acceptors (Lipinski definition) is 4. The van der Waals surface area contributed by atoms with Crippen LogP contribution in [0.25, 0.3) is 0 Å². The number of nitrogens with zero attached hydrogens (tertiary/aromatic N) is 2. The predicted molar refractivity (Wildman–Crippen MR) is 71.8 cm³/mol. The number of aryl methyl sites for hydroxylation is 1. The molecule has 0 aliphatic rings. The van der Waals surface area contributed by atoms with Gasteiger partial charge in [-0.15, -0.1) is 0 Å². The van der Waals surface area contributed by atoms with E-state index in [1.54, 1.807) is 6.92 Å². The first-order valence-electron chi connectivity index (χ1n) is 5.16. The molecule has 6 nitrogen and oxygen atoms in total. The van der Waals surface area contributed by atoms with Crippen molar-refractivity contribution in [2.45, 2.75) is 6.92 Å². The fraction of sp³-hybridized carbons (Fsp3) is 0.0909.